The fourth-order valence-corrected chi connectivity index (χ4v) is 7.86. The molecule has 0 bridgehead atoms. The summed E-state index contributed by atoms with van der Waals surface area (Å²) in [6.07, 6.45) is 41.7. The Kier molecular flexibility index (Phi) is 39.0. The van der Waals surface area contributed by atoms with Crippen LogP contribution in [0.25, 0.3) is 0 Å². The molecule has 0 rings (SSSR count). The molecule has 0 amide bonds. The van der Waals surface area contributed by atoms with Crippen molar-refractivity contribution in [2.75, 3.05) is 40.9 Å². The van der Waals surface area contributed by atoms with Gasteiger partial charge < -0.3 is 25.7 Å². The maximum atomic E-state index is 5.60. The van der Waals surface area contributed by atoms with Crippen LogP contribution in [0.4, 0.5) is 0 Å². The first-order chi connectivity index (χ1) is 20.6. The molecule has 0 aromatic carbocycles. The van der Waals surface area contributed by atoms with Crippen LogP contribution in [0.2, 0.25) is 6.04 Å². The maximum Gasteiger partial charge on any atom is 0.321 e. The Labute approximate surface area is 281 Å². The van der Waals surface area contributed by atoms with Crippen LogP contribution in [0.15, 0.2) is 0 Å². The minimum atomic E-state index is -1.42. The molecule has 262 valence electrons. The second kappa shape index (κ2) is 36.9. The van der Waals surface area contributed by atoms with Crippen LogP contribution >= 0.6 is 0 Å². The molecule has 0 saturated carbocycles. The Hall–Kier alpha value is 0.387. The van der Waals surface area contributed by atoms with Crippen molar-refractivity contribution in [1.82, 2.24) is 0 Å². The molecule has 0 atom stereocenters. The molecule has 0 N–H and O–H groups in total. The zero-order chi connectivity index (χ0) is 30.8. The van der Waals surface area contributed by atoms with Gasteiger partial charge >= 0.3 is 9.28 Å². The fraction of sp³-hybridized carbons (Fsp3) is 1.00. The van der Waals surface area contributed by atoms with Crippen LogP contribution in [0, 0.1) is 0 Å². The molecule has 0 heterocycles. The van der Waals surface area contributed by atoms with Crippen molar-refractivity contribution in [1.29, 1.82) is 0 Å². The van der Waals surface area contributed by atoms with Crippen molar-refractivity contribution < 1.29 is 25.7 Å². The molecule has 0 aliphatic carbocycles. The Morgan fingerprint density at radius 3 is 0.860 bits per heavy atom. The predicted molar refractivity (Wildman–Crippen MR) is 192 cm³/mol. The van der Waals surface area contributed by atoms with E-state index in [9.17, 15) is 0 Å². The summed E-state index contributed by atoms with van der Waals surface area (Å²) in [7, 11) is 4.78. The second-order valence-corrected chi connectivity index (χ2v) is 16.4. The van der Waals surface area contributed by atoms with Gasteiger partial charge in [-0.3, -0.25) is 0 Å². The van der Waals surface area contributed by atoms with E-state index in [-0.39, 0.29) is 12.4 Å². The molecule has 3 nitrogen and oxygen atoms in total. The SMILES string of the molecule is CCCCCCCCCCCCCCCC[N+](C)(CCCCCCCCCCCCCCCC)CCC[SiH](OC)OC.[Cl-]. The summed E-state index contributed by atoms with van der Waals surface area (Å²) in [5, 5.41) is 0. The molecule has 0 unspecified atom stereocenters. The normalized spacial score (nSPS) is 11.9. The second-order valence-electron chi connectivity index (χ2n) is 14.0. The minimum Gasteiger partial charge on any atom is -1.00 e. The molecule has 0 aromatic rings. The quantitative estimate of drug-likeness (QED) is 0.0383. The van der Waals surface area contributed by atoms with Crippen molar-refractivity contribution in [3.63, 3.8) is 0 Å². The van der Waals surface area contributed by atoms with Gasteiger partial charge in [0.25, 0.3) is 0 Å². The van der Waals surface area contributed by atoms with Crippen molar-refractivity contribution in [2.24, 2.45) is 0 Å². The number of halogens is 1. The van der Waals surface area contributed by atoms with Gasteiger partial charge in [-0.25, -0.2) is 0 Å². The number of nitrogens with zero attached hydrogens (tertiary/aromatic N) is 1. The number of unbranched alkanes of at least 4 members (excludes halogenated alkanes) is 26. The summed E-state index contributed by atoms with van der Waals surface area (Å²) in [5.74, 6) is 0. The van der Waals surface area contributed by atoms with E-state index in [0.717, 1.165) is 6.04 Å². The summed E-state index contributed by atoms with van der Waals surface area (Å²) in [4.78, 5) is 0. The number of hydrogen-bond donors (Lipinski definition) is 0. The van der Waals surface area contributed by atoms with E-state index in [4.69, 9.17) is 8.85 Å². The summed E-state index contributed by atoms with van der Waals surface area (Å²) in [6, 6.07) is 1.15. The molecule has 0 spiro atoms. The highest BCUT2D eigenvalue weighted by molar-refractivity contribution is 6.44. The molecule has 0 aliphatic rings. The van der Waals surface area contributed by atoms with Crippen molar-refractivity contribution in [3.8, 4) is 0 Å². The largest absolute Gasteiger partial charge is 1.00 e. The third-order valence-corrected chi connectivity index (χ3v) is 11.7. The first kappa shape index (κ1) is 45.5. The van der Waals surface area contributed by atoms with Gasteiger partial charge in [-0.1, -0.05) is 168 Å². The molecule has 0 saturated heterocycles. The average Bonchev–Trinajstić information content (AvgIpc) is 2.99. The molecule has 0 fully saturated rings. The Morgan fingerprint density at radius 2 is 0.605 bits per heavy atom. The standard InChI is InChI=1S/C38H82NO2Si.ClH/c1-6-8-10-12-14-16-18-20-22-24-26-28-30-32-35-39(3,37-34-38-42(40-4)41-5)36-33-31-29-27-25-23-21-19-17-15-13-11-9-7-2;/h42H,6-38H2,1-5H3;1H/q+1;/p-1. The average molecular weight is 649 g/mol. The predicted octanol–water partition coefficient (Wildman–Crippen LogP) is 9.30. The summed E-state index contributed by atoms with van der Waals surface area (Å²) in [6.45, 7) is 8.64. The van der Waals surface area contributed by atoms with Gasteiger partial charge in [-0.15, -0.1) is 0 Å². The summed E-state index contributed by atoms with van der Waals surface area (Å²) in [5.41, 5.74) is 0. The lowest BCUT2D eigenvalue weighted by Crippen LogP contribution is -3.00. The number of quaternary nitrogens is 1. The van der Waals surface area contributed by atoms with Gasteiger partial charge in [0.2, 0.25) is 0 Å². The van der Waals surface area contributed by atoms with Gasteiger partial charge in [0.05, 0.1) is 26.7 Å². The van der Waals surface area contributed by atoms with Gasteiger partial charge in [0.1, 0.15) is 0 Å². The Balaban J connectivity index is 0. The topological polar surface area (TPSA) is 18.5 Å². The van der Waals surface area contributed by atoms with E-state index >= 15 is 0 Å². The molecular formula is C38H82ClNO2Si. The molecule has 0 aliphatic heterocycles. The van der Waals surface area contributed by atoms with Crippen LogP contribution in [0.1, 0.15) is 200 Å². The van der Waals surface area contributed by atoms with Crippen LogP contribution in [-0.4, -0.2) is 54.7 Å². The lowest BCUT2D eigenvalue weighted by atomic mass is 10.0. The highest BCUT2D eigenvalue weighted by Gasteiger charge is 2.22. The Morgan fingerprint density at radius 1 is 0.372 bits per heavy atom. The Bertz CT molecular complexity index is 474. The summed E-state index contributed by atoms with van der Waals surface area (Å²) >= 11 is 0. The van der Waals surface area contributed by atoms with Gasteiger partial charge in [0.15, 0.2) is 0 Å². The molecule has 0 aromatic heterocycles. The van der Waals surface area contributed by atoms with Crippen molar-refractivity contribution in [3.05, 3.63) is 0 Å². The zero-order valence-corrected chi connectivity index (χ0v) is 32.5. The van der Waals surface area contributed by atoms with Crippen LogP contribution in [0.3, 0.4) is 0 Å². The molecule has 43 heavy (non-hydrogen) atoms. The summed E-state index contributed by atoms with van der Waals surface area (Å²) < 4.78 is 12.5. The van der Waals surface area contributed by atoms with E-state index < -0.39 is 9.28 Å². The lowest BCUT2D eigenvalue weighted by molar-refractivity contribution is -0.910. The highest BCUT2D eigenvalue weighted by atomic mass is 35.5. The van der Waals surface area contributed by atoms with Gasteiger partial charge in [-0.2, -0.15) is 0 Å². The van der Waals surface area contributed by atoms with Crippen LogP contribution in [0.5, 0.6) is 0 Å². The molecule has 5 heteroatoms. The smallest absolute Gasteiger partial charge is 0.321 e. The first-order valence-corrected chi connectivity index (χ1v) is 21.3. The van der Waals surface area contributed by atoms with E-state index in [0.29, 0.717) is 0 Å². The number of rotatable bonds is 36. The molecule has 0 radical (unpaired) electrons. The third kappa shape index (κ3) is 33.6. The minimum absolute atomic E-state index is 0. The monoisotopic (exact) mass is 648 g/mol. The van der Waals surface area contributed by atoms with Crippen LogP contribution < -0.4 is 12.4 Å². The third-order valence-electron chi connectivity index (χ3n) is 9.77. The highest BCUT2D eigenvalue weighted by Crippen LogP contribution is 2.18. The molecular weight excluding hydrogens is 566 g/mol. The maximum absolute atomic E-state index is 5.60. The fourth-order valence-electron chi connectivity index (χ4n) is 6.68. The van der Waals surface area contributed by atoms with Crippen molar-refractivity contribution in [2.45, 2.75) is 206 Å². The van der Waals surface area contributed by atoms with Crippen LogP contribution in [-0.2, 0) is 8.85 Å². The van der Waals surface area contributed by atoms with E-state index in [1.54, 1.807) is 0 Å². The van der Waals surface area contributed by atoms with Crippen molar-refractivity contribution >= 4 is 9.28 Å². The van der Waals surface area contributed by atoms with Gasteiger partial charge in [0, 0.05) is 14.2 Å². The lowest BCUT2D eigenvalue weighted by Gasteiger charge is -2.35. The first-order valence-electron chi connectivity index (χ1n) is 19.5. The van der Waals surface area contributed by atoms with E-state index in [1.807, 2.05) is 14.2 Å². The van der Waals surface area contributed by atoms with E-state index in [2.05, 4.69) is 20.9 Å². The van der Waals surface area contributed by atoms with Gasteiger partial charge in [-0.05, 0) is 38.1 Å². The number of hydrogen-bond acceptors (Lipinski definition) is 2. The zero-order valence-electron chi connectivity index (χ0n) is 30.6. The van der Waals surface area contributed by atoms with E-state index in [1.165, 1.54) is 210 Å².